The lowest BCUT2D eigenvalue weighted by Crippen LogP contribution is -2.01. The van der Waals surface area contributed by atoms with Crippen LogP contribution >= 0.6 is 0 Å². The van der Waals surface area contributed by atoms with Crippen molar-refractivity contribution < 1.29 is 14.6 Å². The molecular formula is C22H24O3. The molecule has 1 saturated carbocycles. The minimum atomic E-state index is -0.320. The minimum absolute atomic E-state index is 0.273. The number of benzene rings is 2. The summed E-state index contributed by atoms with van der Waals surface area (Å²) in [5.41, 5.74) is 5.48. The molecular weight excluding hydrogens is 312 g/mol. The second-order valence-electron chi connectivity index (χ2n) is 6.51. The molecule has 25 heavy (non-hydrogen) atoms. The molecule has 3 heteroatoms. The molecule has 0 aliphatic heterocycles. The van der Waals surface area contributed by atoms with Crippen LogP contribution in [0.15, 0.2) is 54.1 Å². The van der Waals surface area contributed by atoms with Crippen LogP contribution in [-0.4, -0.2) is 18.2 Å². The third-order valence-electron chi connectivity index (χ3n) is 4.81. The first-order valence-corrected chi connectivity index (χ1v) is 8.89. The molecule has 2 aromatic rings. The summed E-state index contributed by atoms with van der Waals surface area (Å²) in [6.45, 7) is 0. The van der Waals surface area contributed by atoms with Gasteiger partial charge in [0, 0.05) is 0 Å². The molecule has 0 atom stereocenters. The number of esters is 1. The van der Waals surface area contributed by atoms with E-state index in [1.54, 1.807) is 12.1 Å². The maximum absolute atomic E-state index is 11.7. The summed E-state index contributed by atoms with van der Waals surface area (Å²) < 4.78 is 4.79. The SMILES string of the molecule is COC(=O)c1ccc(C(=C2CCCCCC2)c2ccc(O)cc2)cc1. The summed E-state index contributed by atoms with van der Waals surface area (Å²) in [5.74, 6) is -0.0464. The van der Waals surface area contributed by atoms with Crippen LogP contribution < -0.4 is 0 Å². The fourth-order valence-corrected chi connectivity index (χ4v) is 3.50. The predicted octanol–water partition coefficient (Wildman–Crippen LogP) is 5.33. The molecule has 1 fully saturated rings. The zero-order valence-corrected chi connectivity index (χ0v) is 14.6. The van der Waals surface area contributed by atoms with Gasteiger partial charge in [-0.15, -0.1) is 0 Å². The van der Waals surface area contributed by atoms with Gasteiger partial charge in [0.1, 0.15) is 5.75 Å². The van der Waals surface area contributed by atoms with Gasteiger partial charge in [-0.25, -0.2) is 4.79 Å². The van der Waals surface area contributed by atoms with E-state index in [-0.39, 0.29) is 11.7 Å². The highest BCUT2D eigenvalue weighted by molar-refractivity contribution is 5.90. The topological polar surface area (TPSA) is 46.5 Å². The Labute approximate surface area is 149 Å². The number of aromatic hydroxyl groups is 1. The number of allylic oxidation sites excluding steroid dienone is 1. The third-order valence-corrected chi connectivity index (χ3v) is 4.81. The van der Waals surface area contributed by atoms with Crippen LogP contribution in [0.25, 0.3) is 5.57 Å². The van der Waals surface area contributed by atoms with Crippen LogP contribution in [0.4, 0.5) is 0 Å². The Morgan fingerprint density at radius 3 is 1.80 bits per heavy atom. The van der Waals surface area contributed by atoms with Crippen molar-refractivity contribution >= 4 is 11.5 Å². The molecule has 0 amide bonds. The quantitative estimate of drug-likeness (QED) is 0.608. The van der Waals surface area contributed by atoms with Crippen molar-refractivity contribution in [2.75, 3.05) is 7.11 Å². The summed E-state index contributed by atoms with van der Waals surface area (Å²) in [6.07, 6.45) is 7.22. The summed E-state index contributed by atoms with van der Waals surface area (Å²) in [7, 11) is 1.39. The molecule has 2 aromatic carbocycles. The molecule has 0 bridgehead atoms. The van der Waals surface area contributed by atoms with Crippen molar-refractivity contribution in [2.45, 2.75) is 38.5 Å². The number of hydrogen-bond acceptors (Lipinski definition) is 3. The molecule has 0 saturated heterocycles. The van der Waals surface area contributed by atoms with Crippen molar-refractivity contribution in [2.24, 2.45) is 0 Å². The lowest BCUT2D eigenvalue weighted by molar-refractivity contribution is 0.0600. The van der Waals surface area contributed by atoms with Crippen molar-refractivity contribution in [1.29, 1.82) is 0 Å². The number of carbonyl (C=O) groups is 1. The van der Waals surface area contributed by atoms with Crippen LogP contribution in [0.2, 0.25) is 0 Å². The largest absolute Gasteiger partial charge is 0.508 e. The van der Waals surface area contributed by atoms with Crippen LogP contribution in [0.5, 0.6) is 5.75 Å². The van der Waals surface area contributed by atoms with E-state index in [4.69, 9.17) is 4.74 Å². The Balaban J connectivity index is 2.06. The number of phenolic OH excluding ortho intramolecular Hbond substituents is 1. The van der Waals surface area contributed by atoms with E-state index >= 15 is 0 Å². The van der Waals surface area contributed by atoms with Crippen molar-refractivity contribution in [3.63, 3.8) is 0 Å². The first-order valence-electron chi connectivity index (χ1n) is 8.89. The first-order chi connectivity index (χ1) is 12.2. The molecule has 0 unspecified atom stereocenters. The predicted molar refractivity (Wildman–Crippen MR) is 99.6 cm³/mol. The van der Waals surface area contributed by atoms with Gasteiger partial charge in [-0.3, -0.25) is 0 Å². The molecule has 0 spiro atoms. The lowest BCUT2D eigenvalue weighted by atomic mass is 9.89. The Hall–Kier alpha value is -2.55. The van der Waals surface area contributed by atoms with Crippen LogP contribution in [-0.2, 0) is 4.74 Å². The van der Waals surface area contributed by atoms with Gasteiger partial charge < -0.3 is 9.84 Å². The molecule has 0 heterocycles. The summed E-state index contributed by atoms with van der Waals surface area (Å²) in [5, 5.41) is 9.62. The van der Waals surface area contributed by atoms with Gasteiger partial charge in [-0.1, -0.05) is 42.7 Å². The van der Waals surface area contributed by atoms with E-state index in [1.165, 1.54) is 43.9 Å². The molecule has 1 aliphatic carbocycles. The van der Waals surface area contributed by atoms with Crippen molar-refractivity contribution in [3.8, 4) is 5.75 Å². The van der Waals surface area contributed by atoms with Gasteiger partial charge in [0.25, 0.3) is 0 Å². The number of methoxy groups -OCH3 is 1. The van der Waals surface area contributed by atoms with E-state index in [9.17, 15) is 9.90 Å². The van der Waals surface area contributed by atoms with E-state index in [2.05, 4.69) is 0 Å². The molecule has 3 nitrogen and oxygen atoms in total. The summed E-state index contributed by atoms with van der Waals surface area (Å²) >= 11 is 0. The minimum Gasteiger partial charge on any atom is -0.508 e. The zero-order valence-electron chi connectivity index (χ0n) is 14.6. The van der Waals surface area contributed by atoms with Crippen LogP contribution in [0.1, 0.15) is 60.0 Å². The van der Waals surface area contributed by atoms with Crippen molar-refractivity contribution in [3.05, 3.63) is 70.8 Å². The molecule has 0 aromatic heterocycles. The first kappa shape index (κ1) is 17.3. The van der Waals surface area contributed by atoms with Crippen LogP contribution in [0.3, 0.4) is 0 Å². The smallest absolute Gasteiger partial charge is 0.337 e. The molecule has 3 rings (SSSR count). The van der Waals surface area contributed by atoms with Gasteiger partial charge in [-0.05, 0) is 66.6 Å². The molecule has 0 radical (unpaired) electrons. The number of phenols is 1. The Morgan fingerprint density at radius 2 is 1.28 bits per heavy atom. The highest BCUT2D eigenvalue weighted by Gasteiger charge is 2.15. The lowest BCUT2D eigenvalue weighted by Gasteiger charge is -2.16. The monoisotopic (exact) mass is 336 g/mol. The number of rotatable bonds is 3. The van der Waals surface area contributed by atoms with Gasteiger partial charge in [0.05, 0.1) is 12.7 Å². The fourth-order valence-electron chi connectivity index (χ4n) is 3.50. The van der Waals surface area contributed by atoms with Gasteiger partial charge in [-0.2, -0.15) is 0 Å². The van der Waals surface area contributed by atoms with E-state index in [0.29, 0.717) is 5.56 Å². The number of ether oxygens (including phenoxy) is 1. The van der Waals surface area contributed by atoms with Crippen molar-refractivity contribution in [1.82, 2.24) is 0 Å². The number of carbonyl (C=O) groups excluding carboxylic acids is 1. The normalized spacial score (nSPS) is 14.7. The Bertz CT molecular complexity index is 745. The molecule has 130 valence electrons. The van der Waals surface area contributed by atoms with Gasteiger partial charge in [0.2, 0.25) is 0 Å². The Morgan fingerprint density at radius 1 is 0.800 bits per heavy atom. The Kier molecular flexibility index (Phi) is 5.54. The summed E-state index contributed by atoms with van der Waals surface area (Å²) in [4.78, 5) is 11.7. The van der Waals surface area contributed by atoms with Crippen LogP contribution in [0, 0.1) is 0 Å². The maximum atomic E-state index is 11.7. The average Bonchev–Trinajstić information content (AvgIpc) is 2.93. The highest BCUT2D eigenvalue weighted by atomic mass is 16.5. The second kappa shape index (κ2) is 8.02. The van der Waals surface area contributed by atoms with E-state index in [1.807, 2.05) is 36.4 Å². The molecule has 1 aliphatic rings. The third kappa shape index (κ3) is 4.11. The van der Waals surface area contributed by atoms with Gasteiger partial charge >= 0.3 is 5.97 Å². The highest BCUT2D eigenvalue weighted by Crippen LogP contribution is 2.35. The molecule has 1 N–H and O–H groups in total. The maximum Gasteiger partial charge on any atom is 0.337 e. The summed E-state index contributed by atoms with van der Waals surface area (Å²) in [6, 6.07) is 15.0. The average molecular weight is 336 g/mol. The second-order valence-corrected chi connectivity index (χ2v) is 6.51. The zero-order chi connectivity index (χ0) is 17.6. The van der Waals surface area contributed by atoms with E-state index < -0.39 is 0 Å². The van der Waals surface area contributed by atoms with E-state index in [0.717, 1.165) is 24.0 Å². The number of hydrogen-bond donors (Lipinski definition) is 1. The standard InChI is InChI=1S/C22H24O3/c1-25-22(24)19-10-8-17(9-11-19)21(16-6-4-2-3-5-7-16)18-12-14-20(23)15-13-18/h8-15,23H,2-7H2,1H3. The van der Waals surface area contributed by atoms with Gasteiger partial charge in [0.15, 0.2) is 0 Å². The fraction of sp³-hybridized carbons (Fsp3) is 0.318.